The van der Waals surface area contributed by atoms with Crippen LogP contribution >= 0.6 is 0 Å². The van der Waals surface area contributed by atoms with Crippen molar-refractivity contribution in [2.45, 2.75) is 26.2 Å². The summed E-state index contributed by atoms with van der Waals surface area (Å²) in [4.78, 5) is 14.6. The maximum absolute atomic E-state index is 12.8. The van der Waals surface area contributed by atoms with Gasteiger partial charge in [-0.05, 0) is 43.5 Å². The van der Waals surface area contributed by atoms with E-state index < -0.39 is 0 Å². The summed E-state index contributed by atoms with van der Waals surface area (Å²) in [6.07, 6.45) is 0.683. The first-order chi connectivity index (χ1) is 10.8. The lowest BCUT2D eigenvalue weighted by molar-refractivity contribution is -0.119. The number of likely N-dealkylation sites (N-methyl/N-ethyl adjacent to an activating group) is 1. The van der Waals surface area contributed by atoms with Crippen LogP contribution in [0.5, 0.6) is 5.75 Å². The highest BCUT2D eigenvalue weighted by molar-refractivity contribution is 6.05. The Morgan fingerprint density at radius 3 is 2.55 bits per heavy atom. The minimum Gasteiger partial charge on any atom is -0.494 e. The van der Waals surface area contributed by atoms with E-state index in [4.69, 9.17) is 4.74 Å². The number of rotatable bonds is 5. The van der Waals surface area contributed by atoms with Crippen molar-refractivity contribution in [2.75, 3.05) is 18.1 Å². The van der Waals surface area contributed by atoms with Gasteiger partial charge in [0.2, 0.25) is 5.91 Å². The molecule has 0 spiro atoms. The second-order valence-corrected chi connectivity index (χ2v) is 5.44. The second kappa shape index (κ2) is 6.22. The summed E-state index contributed by atoms with van der Waals surface area (Å²) in [5.41, 5.74) is 3.27. The van der Waals surface area contributed by atoms with Crippen molar-refractivity contribution in [1.82, 2.24) is 0 Å². The Morgan fingerprint density at radius 2 is 1.77 bits per heavy atom. The molecule has 3 rings (SSSR count). The molecule has 1 heterocycles. The van der Waals surface area contributed by atoms with Crippen LogP contribution in [0, 0.1) is 0 Å². The average molecular weight is 295 g/mol. The Kier molecular flexibility index (Phi) is 4.14. The molecule has 2 aromatic rings. The SMILES string of the molecule is CCOc1ccccc1CC1C(=O)N(CC)c2ccccc21. The normalized spacial score (nSPS) is 16.7. The van der Waals surface area contributed by atoms with E-state index in [9.17, 15) is 4.79 Å². The van der Waals surface area contributed by atoms with E-state index in [2.05, 4.69) is 12.1 Å². The van der Waals surface area contributed by atoms with Crippen LogP contribution < -0.4 is 9.64 Å². The zero-order valence-corrected chi connectivity index (χ0v) is 13.1. The predicted molar refractivity (Wildman–Crippen MR) is 88.5 cm³/mol. The zero-order chi connectivity index (χ0) is 15.5. The van der Waals surface area contributed by atoms with Gasteiger partial charge in [-0.25, -0.2) is 0 Å². The lowest BCUT2D eigenvalue weighted by Gasteiger charge is -2.16. The van der Waals surface area contributed by atoms with Gasteiger partial charge in [0.15, 0.2) is 0 Å². The van der Waals surface area contributed by atoms with Crippen molar-refractivity contribution >= 4 is 11.6 Å². The Labute approximate surface area is 131 Å². The molecule has 0 saturated carbocycles. The van der Waals surface area contributed by atoms with Crippen molar-refractivity contribution in [2.24, 2.45) is 0 Å². The largest absolute Gasteiger partial charge is 0.494 e. The number of fused-ring (bicyclic) bond motifs is 1. The van der Waals surface area contributed by atoms with E-state index in [0.717, 1.165) is 22.6 Å². The van der Waals surface area contributed by atoms with E-state index >= 15 is 0 Å². The van der Waals surface area contributed by atoms with Gasteiger partial charge >= 0.3 is 0 Å². The molecule has 1 amide bonds. The topological polar surface area (TPSA) is 29.5 Å². The molecule has 3 nitrogen and oxygen atoms in total. The van der Waals surface area contributed by atoms with Crippen LogP contribution in [0.4, 0.5) is 5.69 Å². The van der Waals surface area contributed by atoms with Crippen LogP contribution in [0.2, 0.25) is 0 Å². The molecular formula is C19H21NO2. The third-order valence-electron chi connectivity index (χ3n) is 4.18. The van der Waals surface area contributed by atoms with E-state index in [-0.39, 0.29) is 11.8 Å². The number of amides is 1. The first kappa shape index (κ1) is 14.6. The average Bonchev–Trinajstić information content (AvgIpc) is 2.81. The molecule has 1 unspecified atom stereocenters. The van der Waals surface area contributed by atoms with Crippen LogP contribution in [-0.2, 0) is 11.2 Å². The number of carbonyl (C=O) groups excluding carboxylic acids is 1. The smallest absolute Gasteiger partial charge is 0.234 e. The molecule has 1 atom stereocenters. The van der Waals surface area contributed by atoms with Crippen LogP contribution in [0.25, 0.3) is 0 Å². The first-order valence-electron chi connectivity index (χ1n) is 7.87. The van der Waals surface area contributed by atoms with Gasteiger partial charge in [0, 0.05) is 12.2 Å². The van der Waals surface area contributed by atoms with Gasteiger partial charge < -0.3 is 9.64 Å². The van der Waals surface area contributed by atoms with E-state index in [1.165, 1.54) is 0 Å². The standard InChI is InChI=1S/C19H21NO2/c1-3-20-17-11-7-6-10-15(17)16(19(20)21)13-14-9-5-8-12-18(14)22-4-2/h5-12,16H,3-4,13H2,1-2H3. The molecule has 0 radical (unpaired) electrons. The monoisotopic (exact) mass is 295 g/mol. The highest BCUT2D eigenvalue weighted by atomic mass is 16.5. The number of benzene rings is 2. The molecule has 3 heteroatoms. The number of hydrogen-bond donors (Lipinski definition) is 0. The molecular weight excluding hydrogens is 274 g/mol. The van der Waals surface area contributed by atoms with E-state index in [1.54, 1.807) is 0 Å². The van der Waals surface area contributed by atoms with Gasteiger partial charge in [0.05, 0.1) is 12.5 Å². The minimum atomic E-state index is -0.113. The number of ether oxygens (including phenoxy) is 1. The first-order valence-corrected chi connectivity index (χ1v) is 7.87. The van der Waals surface area contributed by atoms with Crippen molar-refractivity contribution in [3.05, 3.63) is 59.7 Å². The van der Waals surface area contributed by atoms with Crippen molar-refractivity contribution in [3.63, 3.8) is 0 Å². The lowest BCUT2D eigenvalue weighted by Crippen LogP contribution is -2.29. The van der Waals surface area contributed by atoms with Crippen LogP contribution in [0.3, 0.4) is 0 Å². The Morgan fingerprint density at radius 1 is 1.05 bits per heavy atom. The quantitative estimate of drug-likeness (QED) is 0.840. The number of para-hydroxylation sites is 2. The lowest BCUT2D eigenvalue weighted by atomic mass is 9.93. The highest BCUT2D eigenvalue weighted by Gasteiger charge is 2.36. The summed E-state index contributed by atoms with van der Waals surface area (Å²) in [7, 11) is 0. The summed E-state index contributed by atoms with van der Waals surface area (Å²) in [6, 6.07) is 16.1. The summed E-state index contributed by atoms with van der Waals surface area (Å²) in [6.45, 7) is 5.34. The fraction of sp³-hybridized carbons (Fsp3) is 0.316. The molecule has 0 aromatic heterocycles. The minimum absolute atomic E-state index is 0.113. The summed E-state index contributed by atoms with van der Waals surface area (Å²) >= 11 is 0. The molecule has 0 aliphatic carbocycles. The van der Waals surface area contributed by atoms with Crippen LogP contribution in [0.15, 0.2) is 48.5 Å². The van der Waals surface area contributed by atoms with Crippen molar-refractivity contribution in [1.29, 1.82) is 0 Å². The number of anilines is 1. The van der Waals surface area contributed by atoms with E-state index in [1.807, 2.05) is 55.1 Å². The fourth-order valence-corrected chi connectivity index (χ4v) is 3.18. The fourth-order valence-electron chi connectivity index (χ4n) is 3.18. The number of carbonyl (C=O) groups is 1. The molecule has 0 bridgehead atoms. The Hall–Kier alpha value is -2.29. The summed E-state index contributed by atoms with van der Waals surface area (Å²) < 4.78 is 5.70. The molecule has 1 aliphatic rings. The van der Waals surface area contributed by atoms with Crippen LogP contribution in [-0.4, -0.2) is 19.1 Å². The zero-order valence-electron chi connectivity index (χ0n) is 13.1. The molecule has 114 valence electrons. The maximum atomic E-state index is 12.8. The molecule has 0 N–H and O–H groups in total. The van der Waals surface area contributed by atoms with Gasteiger partial charge in [-0.2, -0.15) is 0 Å². The molecule has 2 aromatic carbocycles. The third kappa shape index (κ3) is 2.47. The van der Waals surface area contributed by atoms with Gasteiger partial charge in [-0.3, -0.25) is 4.79 Å². The third-order valence-corrected chi connectivity index (χ3v) is 4.18. The summed E-state index contributed by atoms with van der Waals surface area (Å²) in [5.74, 6) is 0.956. The van der Waals surface area contributed by atoms with Crippen LogP contribution in [0.1, 0.15) is 30.9 Å². The maximum Gasteiger partial charge on any atom is 0.234 e. The second-order valence-electron chi connectivity index (χ2n) is 5.44. The van der Waals surface area contributed by atoms with Gasteiger partial charge in [-0.1, -0.05) is 36.4 Å². The number of nitrogens with zero attached hydrogens (tertiary/aromatic N) is 1. The Bertz CT molecular complexity index is 681. The molecule has 0 fully saturated rings. The van der Waals surface area contributed by atoms with Crippen molar-refractivity contribution < 1.29 is 9.53 Å². The Balaban J connectivity index is 1.95. The highest BCUT2D eigenvalue weighted by Crippen LogP contribution is 2.39. The van der Waals surface area contributed by atoms with Crippen molar-refractivity contribution in [3.8, 4) is 5.75 Å². The predicted octanol–water partition coefficient (Wildman–Crippen LogP) is 3.78. The van der Waals surface area contributed by atoms with Gasteiger partial charge in [0.1, 0.15) is 5.75 Å². The van der Waals surface area contributed by atoms with E-state index in [0.29, 0.717) is 19.6 Å². The molecule has 22 heavy (non-hydrogen) atoms. The van der Waals surface area contributed by atoms with Gasteiger partial charge in [0.25, 0.3) is 0 Å². The molecule has 1 aliphatic heterocycles. The summed E-state index contributed by atoms with van der Waals surface area (Å²) in [5, 5.41) is 0. The number of hydrogen-bond acceptors (Lipinski definition) is 2. The van der Waals surface area contributed by atoms with Gasteiger partial charge in [-0.15, -0.1) is 0 Å². The molecule has 0 saturated heterocycles.